The molecule has 2 rings (SSSR count). The lowest BCUT2D eigenvalue weighted by Gasteiger charge is -2.18. The first-order valence-corrected chi connectivity index (χ1v) is 7.79. The van der Waals surface area contributed by atoms with Crippen molar-refractivity contribution in [3.05, 3.63) is 60.2 Å². The van der Waals surface area contributed by atoms with E-state index in [2.05, 4.69) is 10.3 Å². The molecule has 0 aliphatic heterocycles. The molecule has 24 heavy (non-hydrogen) atoms. The lowest BCUT2D eigenvalue weighted by molar-refractivity contribution is -0.127. The van der Waals surface area contributed by atoms with Crippen molar-refractivity contribution in [1.29, 1.82) is 0 Å². The molecule has 1 aromatic heterocycles. The van der Waals surface area contributed by atoms with Gasteiger partial charge in [-0.2, -0.15) is 0 Å². The number of nitrogens with zero attached hydrogens (tertiary/aromatic N) is 1. The van der Waals surface area contributed by atoms with E-state index in [0.717, 1.165) is 5.69 Å². The van der Waals surface area contributed by atoms with Gasteiger partial charge in [-0.15, -0.1) is 0 Å². The number of hydrogen-bond acceptors (Lipinski definition) is 4. The molecule has 1 aromatic carbocycles. The molecule has 1 amide bonds. The highest BCUT2D eigenvalue weighted by atomic mass is 19.1. The first-order chi connectivity index (χ1) is 11.6. The number of benzene rings is 1. The molecule has 0 bridgehead atoms. The number of aliphatic hydroxyl groups excluding tert-OH is 1. The summed E-state index contributed by atoms with van der Waals surface area (Å²) in [4.78, 5) is 16.3. The summed E-state index contributed by atoms with van der Waals surface area (Å²) in [6.07, 6.45) is 1.49. The van der Waals surface area contributed by atoms with Crippen LogP contribution in [0.4, 0.5) is 4.39 Å². The maximum Gasteiger partial charge on any atom is 0.260 e. The molecule has 0 aliphatic carbocycles. The SMILES string of the molecule is CC(Oc1cccc(F)c1)C(=O)NCC(CO)Cc1ccccn1. The van der Waals surface area contributed by atoms with E-state index in [0.29, 0.717) is 18.7 Å². The molecule has 6 heteroatoms. The molecule has 0 aliphatic rings. The molecule has 0 spiro atoms. The van der Waals surface area contributed by atoms with Crippen LogP contribution in [0.1, 0.15) is 12.6 Å². The van der Waals surface area contributed by atoms with Gasteiger partial charge in [0.2, 0.25) is 0 Å². The van der Waals surface area contributed by atoms with E-state index in [1.807, 2.05) is 18.2 Å². The molecule has 5 nitrogen and oxygen atoms in total. The van der Waals surface area contributed by atoms with Gasteiger partial charge in [-0.05, 0) is 37.6 Å². The Morgan fingerprint density at radius 1 is 1.33 bits per heavy atom. The predicted octanol–water partition coefficient (Wildman–Crippen LogP) is 1.96. The molecule has 128 valence electrons. The number of carbonyl (C=O) groups excluding carboxylic acids is 1. The van der Waals surface area contributed by atoms with Crippen LogP contribution in [0, 0.1) is 11.7 Å². The summed E-state index contributed by atoms with van der Waals surface area (Å²) in [5.74, 6) is -0.579. The van der Waals surface area contributed by atoms with E-state index in [1.165, 1.54) is 18.2 Å². The van der Waals surface area contributed by atoms with E-state index < -0.39 is 11.9 Å². The van der Waals surface area contributed by atoms with E-state index >= 15 is 0 Å². The van der Waals surface area contributed by atoms with Gasteiger partial charge < -0.3 is 15.2 Å². The van der Waals surface area contributed by atoms with Crippen molar-refractivity contribution in [3.63, 3.8) is 0 Å². The third-order valence-corrected chi connectivity index (χ3v) is 3.53. The van der Waals surface area contributed by atoms with Gasteiger partial charge in [-0.3, -0.25) is 9.78 Å². The topological polar surface area (TPSA) is 71.5 Å². The second-order valence-electron chi connectivity index (χ2n) is 5.54. The predicted molar refractivity (Wildman–Crippen MR) is 88.0 cm³/mol. The van der Waals surface area contributed by atoms with Crippen LogP contribution in [0.15, 0.2) is 48.7 Å². The molecule has 1 heterocycles. The van der Waals surface area contributed by atoms with Crippen LogP contribution in [-0.2, 0) is 11.2 Å². The highest BCUT2D eigenvalue weighted by Gasteiger charge is 2.17. The Labute approximate surface area is 140 Å². The van der Waals surface area contributed by atoms with Crippen LogP contribution < -0.4 is 10.1 Å². The summed E-state index contributed by atoms with van der Waals surface area (Å²) in [6, 6.07) is 11.2. The first-order valence-electron chi connectivity index (χ1n) is 7.79. The molecular formula is C18H21FN2O3. The normalized spacial score (nSPS) is 13.1. The van der Waals surface area contributed by atoms with Crippen molar-refractivity contribution >= 4 is 5.91 Å². The number of halogens is 1. The summed E-state index contributed by atoms with van der Waals surface area (Å²) >= 11 is 0. The number of aromatic nitrogens is 1. The van der Waals surface area contributed by atoms with E-state index in [1.54, 1.807) is 19.2 Å². The standard InChI is InChI=1S/C18H21FN2O3/c1-13(24-17-7-4-5-15(19)10-17)18(23)21-11-14(12-22)9-16-6-2-3-8-20-16/h2-8,10,13-14,22H,9,11-12H2,1H3,(H,21,23). The molecule has 0 saturated heterocycles. The highest BCUT2D eigenvalue weighted by molar-refractivity contribution is 5.80. The minimum atomic E-state index is -0.763. The van der Waals surface area contributed by atoms with Crippen molar-refractivity contribution < 1.29 is 19.0 Å². The number of amides is 1. The van der Waals surface area contributed by atoms with Gasteiger partial charge in [0.15, 0.2) is 6.10 Å². The molecular weight excluding hydrogens is 311 g/mol. The summed E-state index contributed by atoms with van der Waals surface area (Å²) in [7, 11) is 0. The molecule has 2 atom stereocenters. The Balaban J connectivity index is 1.82. The smallest absolute Gasteiger partial charge is 0.260 e. The quantitative estimate of drug-likeness (QED) is 0.775. The van der Waals surface area contributed by atoms with Gasteiger partial charge in [0.25, 0.3) is 5.91 Å². The Morgan fingerprint density at radius 3 is 2.83 bits per heavy atom. The third kappa shape index (κ3) is 5.62. The molecule has 0 radical (unpaired) electrons. The lowest BCUT2D eigenvalue weighted by atomic mass is 10.0. The number of aliphatic hydroxyl groups is 1. The summed E-state index contributed by atoms with van der Waals surface area (Å²) in [6.45, 7) is 1.84. The second kappa shape index (κ2) is 8.98. The average Bonchev–Trinajstić information content (AvgIpc) is 2.59. The average molecular weight is 332 g/mol. The Hall–Kier alpha value is -2.47. The fraction of sp³-hybridized carbons (Fsp3) is 0.333. The van der Waals surface area contributed by atoms with Gasteiger partial charge >= 0.3 is 0 Å². The highest BCUT2D eigenvalue weighted by Crippen LogP contribution is 2.14. The maximum absolute atomic E-state index is 13.1. The first kappa shape index (κ1) is 17.9. The molecule has 2 aromatic rings. The third-order valence-electron chi connectivity index (χ3n) is 3.53. The van der Waals surface area contributed by atoms with Gasteiger partial charge in [0, 0.05) is 37.0 Å². The zero-order valence-electron chi connectivity index (χ0n) is 13.5. The van der Waals surface area contributed by atoms with Crippen LogP contribution in [0.2, 0.25) is 0 Å². The summed E-state index contributed by atoms with van der Waals surface area (Å²) in [5.41, 5.74) is 0.856. The Bertz CT molecular complexity index is 652. The second-order valence-corrected chi connectivity index (χ2v) is 5.54. The monoisotopic (exact) mass is 332 g/mol. The van der Waals surface area contributed by atoms with E-state index in [9.17, 15) is 14.3 Å². The number of pyridine rings is 1. The van der Waals surface area contributed by atoms with Crippen molar-refractivity contribution in [2.75, 3.05) is 13.2 Å². The van der Waals surface area contributed by atoms with Crippen LogP contribution >= 0.6 is 0 Å². The minimum Gasteiger partial charge on any atom is -0.481 e. The van der Waals surface area contributed by atoms with Crippen LogP contribution in [-0.4, -0.2) is 35.3 Å². The number of carbonyl (C=O) groups is 1. The molecule has 0 fully saturated rings. The van der Waals surface area contributed by atoms with Gasteiger partial charge in [0.1, 0.15) is 11.6 Å². The van der Waals surface area contributed by atoms with Gasteiger partial charge in [-0.25, -0.2) is 4.39 Å². The maximum atomic E-state index is 13.1. The fourth-order valence-corrected chi connectivity index (χ4v) is 2.20. The van der Waals surface area contributed by atoms with Crippen molar-refractivity contribution in [1.82, 2.24) is 10.3 Å². The van der Waals surface area contributed by atoms with Crippen molar-refractivity contribution in [2.45, 2.75) is 19.4 Å². The lowest BCUT2D eigenvalue weighted by Crippen LogP contribution is -2.40. The Morgan fingerprint density at radius 2 is 2.17 bits per heavy atom. The van der Waals surface area contributed by atoms with E-state index in [-0.39, 0.29) is 18.4 Å². The van der Waals surface area contributed by atoms with Crippen molar-refractivity contribution in [2.24, 2.45) is 5.92 Å². The molecule has 2 N–H and O–H groups in total. The number of nitrogens with one attached hydrogen (secondary N) is 1. The van der Waals surface area contributed by atoms with Crippen LogP contribution in [0.5, 0.6) is 5.75 Å². The molecule has 2 unspecified atom stereocenters. The zero-order valence-corrected chi connectivity index (χ0v) is 13.5. The largest absolute Gasteiger partial charge is 0.481 e. The molecule has 0 saturated carbocycles. The summed E-state index contributed by atoms with van der Waals surface area (Å²) < 4.78 is 18.5. The number of rotatable bonds is 8. The minimum absolute atomic E-state index is 0.0595. The van der Waals surface area contributed by atoms with Crippen molar-refractivity contribution in [3.8, 4) is 5.75 Å². The van der Waals surface area contributed by atoms with Gasteiger partial charge in [0.05, 0.1) is 0 Å². The van der Waals surface area contributed by atoms with E-state index in [4.69, 9.17) is 4.74 Å². The fourth-order valence-electron chi connectivity index (χ4n) is 2.20. The zero-order chi connectivity index (χ0) is 17.4. The summed E-state index contributed by atoms with van der Waals surface area (Å²) in [5, 5.41) is 12.2. The Kier molecular flexibility index (Phi) is 6.69. The number of ether oxygens (including phenoxy) is 1. The van der Waals surface area contributed by atoms with Gasteiger partial charge in [-0.1, -0.05) is 12.1 Å². The van der Waals surface area contributed by atoms with Crippen LogP contribution in [0.3, 0.4) is 0 Å². The van der Waals surface area contributed by atoms with Crippen LogP contribution in [0.25, 0.3) is 0 Å². The number of hydrogen-bond donors (Lipinski definition) is 2.